The van der Waals surface area contributed by atoms with E-state index < -0.39 is 0 Å². The molecule has 2 aliphatic rings. The summed E-state index contributed by atoms with van der Waals surface area (Å²) >= 11 is 1.83. The maximum absolute atomic E-state index is 7.60. The Morgan fingerprint density at radius 1 is 1.32 bits per heavy atom. The van der Waals surface area contributed by atoms with Crippen LogP contribution in [0, 0.1) is 16.2 Å². The highest BCUT2D eigenvalue weighted by molar-refractivity contribution is 7.99. The molecule has 2 aliphatic heterocycles. The highest BCUT2D eigenvalue weighted by Crippen LogP contribution is 2.46. The summed E-state index contributed by atoms with van der Waals surface area (Å²) < 4.78 is 0. The minimum atomic E-state index is 0.0477. The molecule has 142 valence electrons. The van der Waals surface area contributed by atoms with E-state index in [0.29, 0.717) is 5.25 Å². The van der Waals surface area contributed by atoms with Gasteiger partial charge in [-0.05, 0) is 29.6 Å². The fourth-order valence-electron chi connectivity index (χ4n) is 3.87. The van der Waals surface area contributed by atoms with Crippen LogP contribution in [0.1, 0.15) is 54.9 Å². The average molecular weight is 366 g/mol. The molecule has 0 bridgehead atoms. The van der Waals surface area contributed by atoms with Gasteiger partial charge in [-0.3, -0.25) is 10.4 Å². The van der Waals surface area contributed by atoms with Gasteiger partial charge < -0.3 is 16.0 Å². The zero-order valence-electron chi connectivity index (χ0n) is 17.0. The topological polar surface area (TPSA) is 77.5 Å². The molecule has 0 aliphatic carbocycles. The summed E-state index contributed by atoms with van der Waals surface area (Å²) in [6.45, 7) is 16.8. The van der Waals surface area contributed by atoms with Crippen molar-refractivity contribution in [1.29, 1.82) is 5.41 Å². The lowest BCUT2D eigenvalue weighted by atomic mass is 9.71. The van der Waals surface area contributed by atoms with Crippen molar-refractivity contribution in [3.8, 4) is 0 Å². The zero-order valence-corrected chi connectivity index (χ0v) is 17.8. The maximum atomic E-state index is 7.60. The van der Waals surface area contributed by atoms with Crippen molar-refractivity contribution in [3.05, 3.63) is 11.3 Å². The number of hydrogen-bond donors (Lipinski definition) is 3. The van der Waals surface area contributed by atoms with Crippen molar-refractivity contribution in [1.82, 2.24) is 10.2 Å². The predicted molar refractivity (Wildman–Crippen MR) is 110 cm³/mol. The number of hydrogen-bond acceptors (Lipinski definition) is 4. The molecule has 2 rings (SSSR count). The minimum Gasteiger partial charge on any atom is -0.370 e. The van der Waals surface area contributed by atoms with Crippen molar-refractivity contribution in [2.45, 2.75) is 72.2 Å². The number of aliphatic imine (C=N–C) groups is 1. The van der Waals surface area contributed by atoms with Gasteiger partial charge in [-0.2, -0.15) is 11.8 Å². The SMILES string of the molecule is CSC(C)C1=NC(C(C)(C)C)C(C(C)(C)C)=C2CC(NC(=N)N)CN12. The summed E-state index contributed by atoms with van der Waals surface area (Å²) in [6, 6.07) is 0.349. The summed E-state index contributed by atoms with van der Waals surface area (Å²) in [4.78, 5) is 7.67. The van der Waals surface area contributed by atoms with Crippen molar-refractivity contribution < 1.29 is 0 Å². The van der Waals surface area contributed by atoms with Gasteiger partial charge in [0.25, 0.3) is 0 Å². The van der Waals surface area contributed by atoms with Gasteiger partial charge in [0.15, 0.2) is 5.96 Å². The first-order valence-electron chi connectivity index (χ1n) is 9.08. The van der Waals surface area contributed by atoms with Crippen LogP contribution in [0.2, 0.25) is 0 Å². The lowest BCUT2D eigenvalue weighted by Crippen LogP contribution is -2.46. The smallest absolute Gasteiger partial charge is 0.185 e. The normalized spacial score (nSPS) is 25.6. The number of rotatable bonds is 3. The van der Waals surface area contributed by atoms with Gasteiger partial charge in [-0.15, -0.1) is 0 Å². The predicted octanol–water partition coefficient (Wildman–Crippen LogP) is 3.42. The Labute approximate surface area is 157 Å². The van der Waals surface area contributed by atoms with Gasteiger partial charge in [0, 0.05) is 18.7 Å². The second kappa shape index (κ2) is 6.86. The Bertz CT molecular complexity index is 594. The van der Waals surface area contributed by atoms with Crippen molar-refractivity contribution >= 4 is 23.6 Å². The molecule has 1 saturated heterocycles. The first-order chi connectivity index (χ1) is 11.4. The van der Waals surface area contributed by atoms with Crippen LogP contribution in [0.15, 0.2) is 16.3 Å². The molecule has 2 heterocycles. The molecule has 0 aromatic carbocycles. The van der Waals surface area contributed by atoms with Crippen LogP contribution >= 0.6 is 11.8 Å². The third-order valence-electron chi connectivity index (χ3n) is 5.00. The van der Waals surface area contributed by atoms with Crippen molar-refractivity contribution in [2.75, 3.05) is 12.8 Å². The third-order valence-corrected chi connectivity index (χ3v) is 5.91. The van der Waals surface area contributed by atoms with Crippen molar-refractivity contribution in [3.63, 3.8) is 0 Å². The molecular weight excluding hydrogens is 330 g/mol. The zero-order chi connectivity index (χ0) is 19.2. The summed E-state index contributed by atoms with van der Waals surface area (Å²) in [7, 11) is 0. The van der Waals surface area contributed by atoms with Crippen LogP contribution < -0.4 is 11.1 Å². The standard InChI is InChI=1S/C19H35N5S/c1-11(25-8)16-23-15(19(5,6)7)14(18(2,3)4)13-9-12(10-24(13)16)22-17(20)21/h11-12,15H,9-10H2,1-8H3,(H4,20,21,22). The Hall–Kier alpha value is -1.17. The molecule has 1 fully saturated rings. The van der Waals surface area contributed by atoms with Gasteiger partial charge in [-0.1, -0.05) is 41.5 Å². The van der Waals surface area contributed by atoms with Gasteiger partial charge in [0.1, 0.15) is 5.84 Å². The molecule has 25 heavy (non-hydrogen) atoms. The van der Waals surface area contributed by atoms with E-state index in [-0.39, 0.29) is 28.9 Å². The molecule has 4 N–H and O–H groups in total. The van der Waals surface area contributed by atoms with Crippen LogP contribution in [0.3, 0.4) is 0 Å². The van der Waals surface area contributed by atoms with E-state index in [9.17, 15) is 0 Å². The first-order valence-corrected chi connectivity index (χ1v) is 10.4. The number of nitrogens with one attached hydrogen (secondary N) is 2. The Morgan fingerprint density at radius 2 is 1.92 bits per heavy atom. The Balaban J connectivity index is 2.58. The summed E-state index contributed by atoms with van der Waals surface area (Å²) in [5, 5.41) is 11.1. The van der Waals surface area contributed by atoms with Gasteiger partial charge in [-0.25, -0.2) is 0 Å². The highest BCUT2D eigenvalue weighted by Gasteiger charge is 2.45. The van der Waals surface area contributed by atoms with E-state index in [1.54, 1.807) is 0 Å². The largest absolute Gasteiger partial charge is 0.370 e. The van der Waals surface area contributed by atoms with Crippen LogP contribution in [0.4, 0.5) is 0 Å². The molecule has 5 nitrogen and oxygen atoms in total. The van der Waals surface area contributed by atoms with Gasteiger partial charge >= 0.3 is 0 Å². The molecule has 0 aromatic rings. The summed E-state index contributed by atoms with van der Waals surface area (Å²) in [5.41, 5.74) is 8.54. The van der Waals surface area contributed by atoms with E-state index in [1.165, 1.54) is 17.1 Å². The van der Waals surface area contributed by atoms with E-state index in [2.05, 4.69) is 64.9 Å². The molecule has 3 atom stereocenters. The number of nitrogens with two attached hydrogens (primary N) is 1. The quantitative estimate of drug-likeness (QED) is 0.529. The number of amidine groups is 1. The van der Waals surface area contributed by atoms with E-state index in [0.717, 1.165) is 13.0 Å². The van der Waals surface area contributed by atoms with Crippen LogP contribution in [0.25, 0.3) is 0 Å². The molecular formula is C19H35N5S. The fraction of sp³-hybridized carbons (Fsp3) is 0.789. The van der Waals surface area contributed by atoms with E-state index in [1.807, 2.05) is 11.8 Å². The maximum Gasteiger partial charge on any atom is 0.185 e. The number of thioether (sulfide) groups is 1. The second-order valence-corrected chi connectivity index (χ2v) is 10.5. The Kier molecular flexibility index (Phi) is 5.53. The molecule has 0 saturated carbocycles. The summed E-state index contributed by atoms with van der Waals surface area (Å²) in [6.07, 6.45) is 3.04. The molecule has 3 unspecified atom stereocenters. The number of guanidine groups is 1. The van der Waals surface area contributed by atoms with E-state index >= 15 is 0 Å². The van der Waals surface area contributed by atoms with Crippen molar-refractivity contribution in [2.24, 2.45) is 21.6 Å². The molecule has 0 spiro atoms. The van der Waals surface area contributed by atoms with E-state index in [4.69, 9.17) is 16.1 Å². The number of nitrogens with zero attached hydrogens (tertiary/aromatic N) is 2. The first kappa shape index (κ1) is 20.1. The number of fused-ring (bicyclic) bond motifs is 1. The van der Waals surface area contributed by atoms with Gasteiger partial charge in [0.2, 0.25) is 0 Å². The molecule has 0 amide bonds. The summed E-state index contributed by atoms with van der Waals surface area (Å²) in [5.74, 6) is 1.22. The van der Waals surface area contributed by atoms with Crippen LogP contribution in [0.5, 0.6) is 0 Å². The Morgan fingerprint density at radius 3 is 2.36 bits per heavy atom. The van der Waals surface area contributed by atoms with Gasteiger partial charge in [0.05, 0.1) is 17.3 Å². The molecule has 6 heteroatoms. The van der Waals surface area contributed by atoms with Crippen LogP contribution in [-0.2, 0) is 0 Å². The fourth-order valence-corrected chi connectivity index (χ4v) is 4.27. The third kappa shape index (κ3) is 4.15. The molecule has 0 aromatic heterocycles. The average Bonchev–Trinajstić information content (AvgIpc) is 2.84. The highest BCUT2D eigenvalue weighted by atomic mass is 32.2. The van der Waals surface area contributed by atoms with Crippen LogP contribution in [-0.4, -0.2) is 46.8 Å². The monoisotopic (exact) mass is 365 g/mol. The lowest BCUT2D eigenvalue weighted by Gasteiger charge is -2.44. The lowest BCUT2D eigenvalue weighted by molar-refractivity contribution is 0.292. The minimum absolute atomic E-state index is 0.0477. The second-order valence-electron chi connectivity index (χ2n) is 9.31. The molecule has 0 radical (unpaired) electrons.